The largest absolute Gasteiger partial charge is 0.447 e. The monoisotopic (exact) mass is 531 g/mol. The number of amides is 2. The zero-order valence-electron chi connectivity index (χ0n) is 24.6. The number of benzene rings is 1. The molecule has 0 radical (unpaired) electrons. The molecular formula is C30H49NO5Si. The Morgan fingerprint density at radius 2 is 1.81 bits per heavy atom. The van der Waals surface area contributed by atoms with Gasteiger partial charge in [0.15, 0.2) is 8.32 Å². The molecule has 1 aromatic rings. The molecule has 1 aromatic carbocycles. The van der Waals surface area contributed by atoms with Crippen LogP contribution in [-0.2, 0) is 20.4 Å². The second kappa shape index (κ2) is 12.7. The maximum absolute atomic E-state index is 13.6. The van der Waals surface area contributed by atoms with Crippen LogP contribution in [0.3, 0.4) is 0 Å². The number of carbonyl (C=O) groups is 2. The van der Waals surface area contributed by atoms with E-state index in [2.05, 4.69) is 53.8 Å². The van der Waals surface area contributed by atoms with Gasteiger partial charge in [-0.05, 0) is 56.3 Å². The Morgan fingerprint density at radius 3 is 2.35 bits per heavy atom. The Kier molecular flexibility index (Phi) is 10.7. The average molecular weight is 532 g/mol. The van der Waals surface area contributed by atoms with E-state index in [1.807, 2.05) is 44.2 Å². The first-order valence-electron chi connectivity index (χ1n) is 13.6. The summed E-state index contributed by atoms with van der Waals surface area (Å²) in [5, 5.41) is 11.5. The summed E-state index contributed by atoms with van der Waals surface area (Å²) in [6, 6.07) is 9.37. The van der Waals surface area contributed by atoms with E-state index < -0.39 is 32.3 Å². The van der Waals surface area contributed by atoms with Gasteiger partial charge in [0.1, 0.15) is 6.61 Å². The van der Waals surface area contributed by atoms with Gasteiger partial charge in [0.05, 0.1) is 24.2 Å². The molecule has 7 heteroatoms. The van der Waals surface area contributed by atoms with Crippen molar-refractivity contribution in [3.63, 3.8) is 0 Å². The number of rotatable bonds is 11. The highest BCUT2D eigenvalue weighted by Crippen LogP contribution is 2.41. The van der Waals surface area contributed by atoms with Gasteiger partial charge in [0.2, 0.25) is 5.91 Å². The number of aliphatic hydroxyl groups excluding tert-OH is 1. The van der Waals surface area contributed by atoms with Crippen LogP contribution in [0, 0.1) is 17.8 Å². The van der Waals surface area contributed by atoms with Crippen molar-refractivity contribution in [1.82, 2.24) is 4.90 Å². The van der Waals surface area contributed by atoms with E-state index in [4.69, 9.17) is 9.16 Å². The van der Waals surface area contributed by atoms with Crippen LogP contribution in [0.2, 0.25) is 18.1 Å². The topological polar surface area (TPSA) is 76.1 Å². The zero-order chi connectivity index (χ0) is 28.1. The second-order valence-corrected chi connectivity index (χ2v) is 17.2. The van der Waals surface area contributed by atoms with Crippen molar-refractivity contribution in [2.45, 2.75) is 105 Å². The highest BCUT2D eigenvalue weighted by Gasteiger charge is 2.46. The quantitative estimate of drug-likeness (QED) is 0.257. The lowest BCUT2D eigenvalue weighted by Crippen LogP contribution is -2.52. The summed E-state index contributed by atoms with van der Waals surface area (Å²) in [4.78, 5) is 27.4. The van der Waals surface area contributed by atoms with E-state index >= 15 is 0 Å². The Balaban J connectivity index is 2.26. The number of imide groups is 1. The average Bonchev–Trinajstić information content (AvgIpc) is 3.19. The Hall–Kier alpha value is -1.96. The lowest BCUT2D eigenvalue weighted by Gasteiger charge is -2.44. The Morgan fingerprint density at radius 1 is 1.22 bits per heavy atom. The summed E-state index contributed by atoms with van der Waals surface area (Å²) in [5.41, 5.74) is 2.30. The third-order valence-electron chi connectivity index (χ3n) is 8.41. The maximum Gasteiger partial charge on any atom is 0.416 e. The van der Waals surface area contributed by atoms with Gasteiger partial charge in [0.25, 0.3) is 0 Å². The minimum absolute atomic E-state index is 0.0106. The number of ether oxygens (including phenoxy) is 1. The summed E-state index contributed by atoms with van der Waals surface area (Å²) in [7, 11) is -2.15. The first-order valence-corrected chi connectivity index (χ1v) is 16.5. The van der Waals surface area contributed by atoms with Crippen molar-refractivity contribution in [3.8, 4) is 0 Å². The molecule has 1 N–H and O–H groups in total. The van der Waals surface area contributed by atoms with Gasteiger partial charge in [-0.1, -0.05) is 83.5 Å². The molecule has 1 aliphatic heterocycles. The summed E-state index contributed by atoms with van der Waals surface area (Å²) in [6.45, 7) is 21.2. The Bertz CT molecular complexity index is 939. The van der Waals surface area contributed by atoms with Crippen molar-refractivity contribution in [1.29, 1.82) is 0 Å². The van der Waals surface area contributed by atoms with E-state index in [-0.39, 0.29) is 35.6 Å². The van der Waals surface area contributed by atoms with Crippen LogP contribution in [0.1, 0.15) is 67.4 Å². The molecule has 1 fully saturated rings. The van der Waals surface area contributed by atoms with Crippen molar-refractivity contribution in [2.24, 2.45) is 17.8 Å². The van der Waals surface area contributed by atoms with Crippen molar-refractivity contribution < 1.29 is 23.9 Å². The minimum Gasteiger partial charge on any atom is -0.447 e. The normalized spacial score (nSPS) is 21.3. The van der Waals surface area contributed by atoms with E-state index in [9.17, 15) is 14.7 Å². The van der Waals surface area contributed by atoms with Crippen LogP contribution in [0.4, 0.5) is 4.79 Å². The standard InChI is InChI=1S/C30H49NO5Si/c1-11-20(2)17-21(3)27(36-37(9,10)30(6,7)8)22(4)26(32)23(5)28(33)31-25(19-35-29(31)34)18-24-15-13-12-14-16-24/h11-16,21-23,25-27,32H,17-19H2,1-10H3/b20-11+/t21-,22-,23-,25-,26+,27-/m0/s1. The maximum atomic E-state index is 13.6. The van der Waals surface area contributed by atoms with Crippen molar-refractivity contribution in [3.05, 3.63) is 47.5 Å². The molecular weight excluding hydrogens is 482 g/mol. The molecule has 208 valence electrons. The minimum atomic E-state index is -2.15. The summed E-state index contributed by atoms with van der Waals surface area (Å²) >= 11 is 0. The molecule has 0 unspecified atom stereocenters. The highest BCUT2D eigenvalue weighted by molar-refractivity contribution is 6.74. The fraction of sp³-hybridized carbons (Fsp3) is 0.667. The van der Waals surface area contributed by atoms with Crippen LogP contribution in [-0.4, -0.2) is 55.2 Å². The van der Waals surface area contributed by atoms with E-state index in [0.29, 0.717) is 6.42 Å². The van der Waals surface area contributed by atoms with Crippen LogP contribution in [0.25, 0.3) is 0 Å². The molecule has 0 bridgehead atoms. The van der Waals surface area contributed by atoms with Crippen LogP contribution >= 0.6 is 0 Å². The third-order valence-corrected chi connectivity index (χ3v) is 12.9. The zero-order valence-corrected chi connectivity index (χ0v) is 25.6. The van der Waals surface area contributed by atoms with Crippen LogP contribution < -0.4 is 0 Å². The number of allylic oxidation sites excluding steroid dienone is 2. The lowest BCUT2D eigenvalue weighted by molar-refractivity contribution is -0.139. The number of hydrogen-bond donors (Lipinski definition) is 1. The van der Waals surface area contributed by atoms with Gasteiger partial charge in [-0.2, -0.15) is 0 Å². The molecule has 37 heavy (non-hydrogen) atoms. The first kappa shape index (κ1) is 31.3. The van der Waals surface area contributed by atoms with E-state index in [1.54, 1.807) is 6.92 Å². The van der Waals surface area contributed by atoms with Crippen molar-refractivity contribution in [2.75, 3.05) is 6.61 Å². The summed E-state index contributed by atoms with van der Waals surface area (Å²) in [5.74, 6) is -1.33. The fourth-order valence-electron chi connectivity index (χ4n) is 4.78. The number of nitrogens with zero attached hydrogens (tertiary/aromatic N) is 1. The molecule has 0 saturated carbocycles. The molecule has 0 aliphatic carbocycles. The Labute approximate surface area is 225 Å². The van der Waals surface area contributed by atoms with Gasteiger partial charge in [-0.25, -0.2) is 9.69 Å². The smallest absolute Gasteiger partial charge is 0.416 e. The molecule has 0 spiro atoms. The third kappa shape index (κ3) is 7.77. The lowest BCUT2D eigenvalue weighted by atomic mass is 9.81. The van der Waals surface area contributed by atoms with Gasteiger partial charge < -0.3 is 14.3 Å². The number of carbonyl (C=O) groups excluding carboxylic acids is 2. The van der Waals surface area contributed by atoms with Crippen molar-refractivity contribution >= 4 is 20.3 Å². The molecule has 1 heterocycles. The number of cyclic esters (lactones) is 1. The highest BCUT2D eigenvalue weighted by atomic mass is 28.4. The van der Waals surface area contributed by atoms with Gasteiger partial charge in [-0.3, -0.25) is 4.79 Å². The molecule has 0 aromatic heterocycles. The predicted octanol–water partition coefficient (Wildman–Crippen LogP) is 6.59. The second-order valence-electron chi connectivity index (χ2n) is 12.4. The molecule has 6 nitrogen and oxygen atoms in total. The SMILES string of the molecule is C/C=C(\C)C[C@H](C)[C@H](O[Si](C)(C)C(C)(C)C)[C@@H](C)[C@@H](O)[C@H](C)C(=O)N1C(=O)OC[C@@H]1Cc1ccccc1. The molecule has 1 saturated heterocycles. The fourth-order valence-corrected chi connectivity index (χ4v) is 6.26. The molecule has 1 aliphatic rings. The van der Waals surface area contributed by atoms with E-state index in [0.717, 1.165) is 12.0 Å². The summed E-state index contributed by atoms with van der Waals surface area (Å²) in [6.07, 6.45) is 1.65. The van der Waals surface area contributed by atoms with E-state index in [1.165, 1.54) is 10.5 Å². The van der Waals surface area contributed by atoms with Crippen LogP contribution in [0.15, 0.2) is 42.0 Å². The van der Waals surface area contributed by atoms with Gasteiger partial charge in [0, 0.05) is 5.92 Å². The van der Waals surface area contributed by atoms with Gasteiger partial charge in [-0.15, -0.1) is 0 Å². The summed E-state index contributed by atoms with van der Waals surface area (Å²) < 4.78 is 12.2. The molecule has 2 amide bonds. The number of aliphatic hydroxyl groups is 1. The molecule has 2 rings (SSSR count). The van der Waals surface area contributed by atoms with Crippen LogP contribution in [0.5, 0.6) is 0 Å². The molecule has 6 atom stereocenters. The number of hydrogen-bond acceptors (Lipinski definition) is 5. The first-order chi connectivity index (χ1) is 17.1. The van der Waals surface area contributed by atoms with Gasteiger partial charge >= 0.3 is 6.09 Å². The predicted molar refractivity (Wildman–Crippen MR) is 152 cm³/mol.